The maximum absolute atomic E-state index is 12.3. The van der Waals surface area contributed by atoms with Gasteiger partial charge in [-0.2, -0.15) is 0 Å². The molecule has 0 fully saturated rings. The maximum atomic E-state index is 12.3. The van der Waals surface area contributed by atoms with Crippen molar-refractivity contribution in [3.05, 3.63) is 48.2 Å². The standard InChI is InChI=1S/C19H23N5O/c1-3-4-11-24(2)18-10-9-17(22-23-18)21-19(25)12-14-13-20-16-8-6-5-7-15(14)16/h5-10,13,20H,3-4,11-12H2,1-2H3,(H,21,22,25). The Hall–Kier alpha value is -2.89. The lowest BCUT2D eigenvalue weighted by atomic mass is 10.1. The van der Waals surface area contributed by atoms with E-state index < -0.39 is 0 Å². The second kappa shape index (κ2) is 7.79. The first-order chi connectivity index (χ1) is 12.2. The smallest absolute Gasteiger partial charge is 0.230 e. The van der Waals surface area contributed by atoms with Crippen LogP contribution < -0.4 is 10.2 Å². The molecule has 2 aromatic heterocycles. The monoisotopic (exact) mass is 337 g/mol. The normalized spacial score (nSPS) is 10.8. The molecular weight excluding hydrogens is 314 g/mol. The highest BCUT2D eigenvalue weighted by Gasteiger charge is 2.10. The fourth-order valence-corrected chi connectivity index (χ4v) is 2.74. The predicted octanol–water partition coefficient (Wildman–Crippen LogP) is 3.38. The first kappa shape index (κ1) is 17.0. The van der Waals surface area contributed by atoms with Crippen molar-refractivity contribution < 1.29 is 4.79 Å². The quantitative estimate of drug-likeness (QED) is 0.693. The number of anilines is 2. The van der Waals surface area contributed by atoms with Crippen LogP contribution in [-0.2, 0) is 11.2 Å². The van der Waals surface area contributed by atoms with Gasteiger partial charge in [-0.3, -0.25) is 4.79 Å². The molecule has 2 heterocycles. The Morgan fingerprint density at radius 3 is 2.80 bits per heavy atom. The molecule has 3 rings (SSSR count). The number of para-hydroxylation sites is 1. The van der Waals surface area contributed by atoms with Crippen molar-refractivity contribution in [3.8, 4) is 0 Å². The molecule has 130 valence electrons. The fourth-order valence-electron chi connectivity index (χ4n) is 2.74. The number of carbonyl (C=O) groups excluding carboxylic acids is 1. The zero-order valence-electron chi connectivity index (χ0n) is 14.6. The van der Waals surface area contributed by atoms with Gasteiger partial charge in [0.25, 0.3) is 0 Å². The van der Waals surface area contributed by atoms with E-state index in [9.17, 15) is 4.79 Å². The highest BCUT2D eigenvalue weighted by atomic mass is 16.1. The van der Waals surface area contributed by atoms with Crippen LogP contribution in [0.1, 0.15) is 25.3 Å². The molecule has 6 nitrogen and oxygen atoms in total. The zero-order chi connectivity index (χ0) is 17.6. The Morgan fingerprint density at radius 2 is 2.04 bits per heavy atom. The van der Waals surface area contributed by atoms with Crippen molar-refractivity contribution >= 4 is 28.4 Å². The summed E-state index contributed by atoms with van der Waals surface area (Å²) in [6.07, 6.45) is 4.42. The number of amides is 1. The molecule has 0 saturated heterocycles. The van der Waals surface area contributed by atoms with E-state index in [1.807, 2.05) is 43.6 Å². The number of nitrogens with one attached hydrogen (secondary N) is 2. The summed E-state index contributed by atoms with van der Waals surface area (Å²) >= 11 is 0. The van der Waals surface area contributed by atoms with Gasteiger partial charge in [-0.05, 0) is 30.2 Å². The van der Waals surface area contributed by atoms with Gasteiger partial charge in [0.05, 0.1) is 6.42 Å². The Kier molecular flexibility index (Phi) is 5.28. The Bertz CT molecular complexity index is 840. The minimum Gasteiger partial charge on any atom is -0.361 e. The number of rotatable bonds is 7. The lowest BCUT2D eigenvalue weighted by Crippen LogP contribution is -2.20. The molecule has 2 N–H and O–H groups in total. The van der Waals surface area contributed by atoms with Gasteiger partial charge in [-0.1, -0.05) is 31.5 Å². The van der Waals surface area contributed by atoms with Gasteiger partial charge in [-0.25, -0.2) is 0 Å². The van der Waals surface area contributed by atoms with E-state index in [-0.39, 0.29) is 5.91 Å². The summed E-state index contributed by atoms with van der Waals surface area (Å²) in [4.78, 5) is 17.5. The predicted molar refractivity (Wildman–Crippen MR) is 101 cm³/mol. The lowest BCUT2D eigenvalue weighted by Gasteiger charge is -2.16. The van der Waals surface area contributed by atoms with Crippen molar-refractivity contribution in [2.75, 3.05) is 23.8 Å². The average Bonchev–Trinajstić information content (AvgIpc) is 3.03. The SMILES string of the molecule is CCCCN(C)c1ccc(NC(=O)Cc2c[nH]c3ccccc23)nn1. The Balaban J connectivity index is 1.61. The molecule has 1 amide bonds. The molecule has 0 atom stereocenters. The van der Waals surface area contributed by atoms with E-state index >= 15 is 0 Å². The second-order valence-electron chi connectivity index (χ2n) is 6.14. The molecule has 0 aliphatic rings. The largest absolute Gasteiger partial charge is 0.361 e. The van der Waals surface area contributed by atoms with Gasteiger partial charge in [0.1, 0.15) is 0 Å². The number of benzene rings is 1. The molecular formula is C19H23N5O. The van der Waals surface area contributed by atoms with Crippen LogP contribution in [0.4, 0.5) is 11.6 Å². The van der Waals surface area contributed by atoms with Crippen LogP contribution in [0.3, 0.4) is 0 Å². The third-order valence-corrected chi connectivity index (χ3v) is 4.18. The van der Waals surface area contributed by atoms with E-state index in [1.54, 1.807) is 6.07 Å². The van der Waals surface area contributed by atoms with Crippen molar-refractivity contribution in [1.82, 2.24) is 15.2 Å². The topological polar surface area (TPSA) is 73.9 Å². The molecule has 0 bridgehead atoms. The average molecular weight is 337 g/mol. The molecule has 0 spiro atoms. The molecule has 0 unspecified atom stereocenters. The second-order valence-corrected chi connectivity index (χ2v) is 6.14. The summed E-state index contributed by atoms with van der Waals surface area (Å²) in [5.41, 5.74) is 2.00. The minimum atomic E-state index is -0.105. The maximum Gasteiger partial charge on any atom is 0.230 e. The summed E-state index contributed by atoms with van der Waals surface area (Å²) in [5.74, 6) is 1.17. The van der Waals surface area contributed by atoms with Crippen LogP contribution in [0, 0.1) is 0 Å². The van der Waals surface area contributed by atoms with E-state index in [4.69, 9.17) is 0 Å². The highest BCUT2D eigenvalue weighted by Crippen LogP contribution is 2.18. The molecule has 1 aromatic carbocycles. The van der Waals surface area contributed by atoms with E-state index in [2.05, 4.69) is 32.3 Å². The molecule has 0 aliphatic heterocycles. The number of H-pyrrole nitrogens is 1. The van der Waals surface area contributed by atoms with Crippen molar-refractivity contribution in [2.45, 2.75) is 26.2 Å². The molecule has 0 aliphatic carbocycles. The van der Waals surface area contributed by atoms with Crippen molar-refractivity contribution in [2.24, 2.45) is 0 Å². The van der Waals surface area contributed by atoms with Crippen LogP contribution in [0.15, 0.2) is 42.6 Å². The third kappa shape index (κ3) is 4.15. The summed E-state index contributed by atoms with van der Waals surface area (Å²) in [6.45, 7) is 3.10. The van der Waals surface area contributed by atoms with Gasteiger partial charge < -0.3 is 15.2 Å². The Labute approximate surface area is 147 Å². The van der Waals surface area contributed by atoms with Crippen molar-refractivity contribution in [1.29, 1.82) is 0 Å². The Morgan fingerprint density at radius 1 is 1.20 bits per heavy atom. The molecule has 6 heteroatoms. The number of hydrogen-bond donors (Lipinski definition) is 2. The fraction of sp³-hybridized carbons (Fsp3) is 0.316. The lowest BCUT2D eigenvalue weighted by molar-refractivity contribution is -0.115. The molecule has 25 heavy (non-hydrogen) atoms. The number of unbranched alkanes of at least 4 members (excludes halogenated alkanes) is 1. The van der Waals surface area contributed by atoms with Gasteiger partial charge in [-0.15, -0.1) is 10.2 Å². The number of hydrogen-bond acceptors (Lipinski definition) is 4. The number of fused-ring (bicyclic) bond motifs is 1. The van der Waals surface area contributed by atoms with E-state index in [0.29, 0.717) is 12.2 Å². The van der Waals surface area contributed by atoms with E-state index in [0.717, 1.165) is 41.7 Å². The molecule has 0 radical (unpaired) electrons. The van der Waals surface area contributed by atoms with Gasteiger partial charge in [0.15, 0.2) is 11.6 Å². The first-order valence-corrected chi connectivity index (χ1v) is 8.57. The van der Waals surface area contributed by atoms with Crippen LogP contribution in [0.5, 0.6) is 0 Å². The van der Waals surface area contributed by atoms with Gasteiger partial charge >= 0.3 is 0 Å². The number of aromatic nitrogens is 3. The highest BCUT2D eigenvalue weighted by molar-refractivity contribution is 5.95. The first-order valence-electron chi connectivity index (χ1n) is 8.57. The van der Waals surface area contributed by atoms with Crippen LogP contribution >= 0.6 is 0 Å². The number of aromatic amines is 1. The van der Waals surface area contributed by atoms with E-state index in [1.165, 1.54) is 0 Å². The van der Waals surface area contributed by atoms with Crippen LogP contribution in [0.25, 0.3) is 10.9 Å². The molecule has 0 saturated carbocycles. The summed E-state index contributed by atoms with van der Waals surface area (Å²) < 4.78 is 0. The van der Waals surface area contributed by atoms with Crippen LogP contribution in [0.2, 0.25) is 0 Å². The van der Waals surface area contributed by atoms with Gasteiger partial charge in [0.2, 0.25) is 5.91 Å². The van der Waals surface area contributed by atoms with Crippen LogP contribution in [-0.4, -0.2) is 34.7 Å². The number of nitrogens with zero attached hydrogens (tertiary/aromatic N) is 3. The summed E-state index contributed by atoms with van der Waals surface area (Å²) in [5, 5.41) is 12.2. The zero-order valence-corrected chi connectivity index (χ0v) is 14.6. The minimum absolute atomic E-state index is 0.105. The molecule has 3 aromatic rings. The summed E-state index contributed by atoms with van der Waals surface area (Å²) in [6, 6.07) is 11.6. The van der Waals surface area contributed by atoms with Crippen molar-refractivity contribution in [3.63, 3.8) is 0 Å². The number of carbonyl (C=O) groups is 1. The van der Waals surface area contributed by atoms with Gasteiger partial charge in [0, 0.05) is 30.7 Å². The summed E-state index contributed by atoms with van der Waals surface area (Å²) in [7, 11) is 1.99. The third-order valence-electron chi connectivity index (χ3n) is 4.18.